The van der Waals surface area contributed by atoms with Crippen molar-refractivity contribution in [1.82, 2.24) is 20.1 Å². The molecule has 4 rings (SSSR count). The van der Waals surface area contributed by atoms with Crippen molar-refractivity contribution in [2.45, 2.75) is 19.4 Å². The molecule has 0 atom stereocenters. The van der Waals surface area contributed by atoms with Crippen molar-refractivity contribution >= 4 is 23.2 Å². The van der Waals surface area contributed by atoms with Crippen LogP contribution in [0.3, 0.4) is 0 Å². The van der Waals surface area contributed by atoms with Crippen molar-refractivity contribution in [3.8, 4) is 5.69 Å². The third-order valence-electron chi connectivity index (χ3n) is 4.87. The second-order valence-corrected chi connectivity index (χ2v) is 6.80. The first-order chi connectivity index (χ1) is 14.5. The second-order valence-electron chi connectivity index (χ2n) is 6.80. The van der Waals surface area contributed by atoms with Crippen molar-refractivity contribution in [3.63, 3.8) is 0 Å². The number of carbonyl (C=O) groups is 2. The molecule has 1 N–H and O–H groups in total. The molecule has 10 nitrogen and oxygen atoms in total. The van der Waals surface area contributed by atoms with E-state index in [-0.39, 0.29) is 29.4 Å². The van der Waals surface area contributed by atoms with Crippen molar-refractivity contribution in [1.29, 1.82) is 0 Å². The highest BCUT2D eigenvalue weighted by Gasteiger charge is 2.22. The van der Waals surface area contributed by atoms with E-state index < -0.39 is 10.8 Å². The van der Waals surface area contributed by atoms with Crippen LogP contribution in [-0.2, 0) is 11.3 Å². The second kappa shape index (κ2) is 8.11. The number of aromatic nitrogens is 3. The zero-order chi connectivity index (χ0) is 21.1. The van der Waals surface area contributed by atoms with Gasteiger partial charge in [0.1, 0.15) is 18.3 Å². The molecular weight excluding hydrogens is 388 g/mol. The Morgan fingerprint density at radius 2 is 2.00 bits per heavy atom. The Morgan fingerprint density at radius 3 is 2.63 bits per heavy atom. The predicted molar refractivity (Wildman–Crippen MR) is 107 cm³/mol. The van der Waals surface area contributed by atoms with E-state index in [0.29, 0.717) is 6.42 Å². The minimum Gasteiger partial charge on any atom is -0.348 e. The molecule has 1 saturated heterocycles. The first-order valence-electron chi connectivity index (χ1n) is 9.34. The molecule has 0 spiro atoms. The zero-order valence-corrected chi connectivity index (χ0v) is 15.9. The van der Waals surface area contributed by atoms with Crippen LogP contribution in [0.5, 0.6) is 0 Å². The molecule has 3 aromatic rings. The van der Waals surface area contributed by atoms with Gasteiger partial charge in [-0.05, 0) is 36.2 Å². The van der Waals surface area contributed by atoms with Crippen LogP contribution in [0.1, 0.15) is 28.8 Å². The van der Waals surface area contributed by atoms with Crippen LogP contribution in [0.25, 0.3) is 5.69 Å². The SMILES string of the molecule is O=C(NCc1ccc(N2CCCC2=O)cc1)c1ccc(-n2cncn2)c([N+](=O)[O-])c1. The summed E-state index contributed by atoms with van der Waals surface area (Å²) in [6, 6.07) is 11.6. The largest absolute Gasteiger partial charge is 0.348 e. The first-order valence-corrected chi connectivity index (χ1v) is 9.34. The van der Waals surface area contributed by atoms with Gasteiger partial charge in [0.25, 0.3) is 11.6 Å². The van der Waals surface area contributed by atoms with Gasteiger partial charge >= 0.3 is 0 Å². The molecule has 0 bridgehead atoms. The van der Waals surface area contributed by atoms with Gasteiger partial charge in [-0.3, -0.25) is 19.7 Å². The van der Waals surface area contributed by atoms with Gasteiger partial charge in [0.15, 0.2) is 0 Å². The van der Waals surface area contributed by atoms with Gasteiger partial charge in [-0.25, -0.2) is 9.67 Å². The van der Waals surface area contributed by atoms with Gasteiger partial charge < -0.3 is 10.2 Å². The molecule has 0 saturated carbocycles. The average molecular weight is 406 g/mol. The van der Waals surface area contributed by atoms with Crippen LogP contribution >= 0.6 is 0 Å². The van der Waals surface area contributed by atoms with E-state index in [1.807, 2.05) is 24.3 Å². The van der Waals surface area contributed by atoms with E-state index >= 15 is 0 Å². The molecule has 1 fully saturated rings. The van der Waals surface area contributed by atoms with E-state index in [1.54, 1.807) is 4.90 Å². The fourth-order valence-electron chi connectivity index (χ4n) is 3.34. The molecule has 1 aromatic heterocycles. The van der Waals surface area contributed by atoms with Crippen LogP contribution in [0.4, 0.5) is 11.4 Å². The van der Waals surface area contributed by atoms with Gasteiger partial charge in [0.2, 0.25) is 5.91 Å². The molecule has 0 radical (unpaired) electrons. The molecule has 2 aromatic carbocycles. The standard InChI is InChI=1S/C20H18N6O4/c27-19-2-1-9-24(19)16-6-3-14(4-7-16)11-22-20(28)15-5-8-17(18(10-15)26(29)30)25-13-21-12-23-25/h3-8,10,12-13H,1-2,9,11H2,(H,22,28). The van der Waals surface area contributed by atoms with Crippen molar-refractivity contribution < 1.29 is 14.5 Å². The molecule has 152 valence electrons. The number of carbonyl (C=O) groups excluding carboxylic acids is 2. The van der Waals surface area contributed by atoms with Crippen molar-refractivity contribution in [2.75, 3.05) is 11.4 Å². The first kappa shape index (κ1) is 19.2. The number of nitro groups is 1. The smallest absolute Gasteiger partial charge is 0.295 e. The molecule has 10 heteroatoms. The Bertz CT molecular complexity index is 1090. The minimum absolute atomic E-state index is 0.118. The summed E-state index contributed by atoms with van der Waals surface area (Å²) in [7, 11) is 0. The van der Waals surface area contributed by atoms with Crippen LogP contribution in [-0.4, -0.2) is 38.0 Å². The summed E-state index contributed by atoms with van der Waals surface area (Å²) in [5, 5.41) is 18.1. The van der Waals surface area contributed by atoms with Crippen LogP contribution in [0.15, 0.2) is 55.1 Å². The number of hydrogen-bond acceptors (Lipinski definition) is 6. The fraction of sp³-hybridized carbons (Fsp3) is 0.200. The maximum Gasteiger partial charge on any atom is 0.295 e. The highest BCUT2D eigenvalue weighted by Crippen LogP contribution is 2.24. The van der Waals surface area contributed by atoms with E-state index in [2.05, 4.69) is 15.4 Å². The van der Waals surface area contributed by atoms with E-state index in [0.717, 1.165) is 24.2 Å². The van der Waals surface area contributed by atoms with Crippen LogP contribution in [0.2, 0.25) is 0 Å². The van der Waals surface area contributed by atoms with E-state index in [1.165, 1.54) is 35.5 Å². The maximum atomic E-state index is 12.5. The summed E-state index contributed by atoms with van der Waals surface area (Å²) in [5.41, 5.74) is 1.85. The summed E-state index contributed by atoms with van der Waals surface area (Å²) in [4.78, 5) is 40.7. The lowest BCUT2D eigenvalue weighted by Gasteiger charge is -2.16. The summed E-state index contributed by atoms with van der Waals surface area (Å²) in [6.07, 6.45) is 4.05. The molecule has 30 heavy (non-hydrogen) atoms. The Balaban J connectivity index is 1.44. The maximum absolute atomic E-state index is 12.5. The van der Waals surface area contributed by atoms with Gasteiger partial charge in [0.05, 0.1) is 4.92 Å². The molecule has 2 heterocycles. The third kappa shape index (κ3) is 3.88. The highest BCUT2D eigenvalue weighted by molar-refractivity contribution is 5.96. The Kier molecular flexibility index (Phi) is 5.21. The lowest BCUT2D eigenvalue weighted by Crippen LogP contribution is -2.24. The van der Waals surface area contributed by atoms with Gasteiger partial charge in [-0.2, -0.15) is 5.10 Å². The van der Waals surface area contributed by atoms with Crippen molar-refractivity contribution in [2.24, 2.45) is 0 Å². The number of amides is 2. The van der Waals surface area contributed by atoms with Crippen LogP contribution < -0.4 is 10.2 Å². The number of nitrogens with one attached hydrogen (secondary N) is 1. The van der Waals surface area contributed by atoms with Gasteiger partial charge in [-0.15, -0.1) is 0 Å². The summed E-state index contributed by atoms with van der Waals surface area (Å²) in [5.74, 6) is -0.311. The molecule has 1 aliphatic rings. The van der Waals surface area contributed by atoms with E-state index in [9.17, 15) is 19.7 Å². The molecule has 0 aliphatic carbocycles. The zero-order valence-electron chi connectivity index (χ0n) is 15.9. The Labute approximate surface area is 171 Å². The lowest BCUT2D eigenvalue weighted by atomic mass is 10.1. The predicted octanol–water partition coefficient (Wildman–Crippen LogP) is 2.23. The number of anilines is 1. The fourth-order valence-corrected chi connectivity index (χ4v) is 3.34. The topological polar surface area (TPSA) is 123 Å². The normalized spacial score (nSPS) is 13.5. The quantitative estimate of drug-likeness (QED) is 0.495. The third-order valence-corrected chi connectivity index (χ3v) is 4.87. The number of rotatable bonds is 6. The van der Waals surface area contributed by atoms with E-state index in [4.69, 9.17) is 0 Å². The minimum atomic E-state index is -0.563. The number of benzene rings is 2. The molecule has 0 unspecified atom stereocenters. The average Bonchev–Trinajstić information content (AvgIpc) is 3.44. The molecular formula is C20H18N6O4. The summed E-state index contributed by atoms with van der Waals surface area (Å²) >= 11 is 0. The van der Waals surface area contributed by atoms with Crippen molar-refractivity contribution in [3.05, 3.63) is 76.4 Å². The highest BCUT2D eigenvalue weighted by atomic mass is 16.6. The Morgan fingerprint density at radius 1 is 1.20 bits per heavy atom. The van der Waals surface area contributed by atoms with Gasteiger partial charge in [0, 0.05) is 36.8 Å². The summed E-state index contributed by atoms with van der Waals surface area (Å²) < 4.78 is 1.27. The number of hydrogen-bond donors (Lipinski definition) is 1. The monoisotopic (exact) mass is 406 g/mol. The number of nitrogens with zero attached hydrogens (tertiary/aromatic N) is 5. The lowest BCUT2D eigenvalue weighted by molar-refractivity contribution is -0.384. The molecule has 2 amide bonds. The summed E-state index contributed by atoms with van der Waals surface area (Å²) in [6.45, 7) is 0.976. The van der Waals surface area contributed by atoms with Gasteiger partial charge in [-0.1, -0.05) is 12.1 Å². The Hall–Kier alpha value is -4.08. The van der Waals surface area contributed by atoms with Crippen LogP contribution in [0, 0.1) is 10.1 Å². The molecule has 1 aliphatic heterocycles. The number of nitro benzene ring substituents is 1.